The van der Waals surface area contributed by atoms with Crippen LogP contribution < -0.4 is 0 Å². The second kappa shape index (κ2) is 70.7. The van der Waals surface area contributed by atoms with Gasteiger partial charge in [-0.3, -0.25) is 0 Å². The Morgan fingerprint density at radius 1 is 0.0827 bits per heavy atom. The van der Waals surface area contributed by atoms with Crippen molar-refractivity contribution in [1.82, 2.24) is 0 Å². The van der Waals surface area contributed by atoms with Crippen LogP contribution in [0.3, 0.4) is 0 Å². The molecule has 0 aromatic rings. The lowest BCUT2D eigenvalue weighted by molar-refractivity contribution is -0.0760. The van der Waals surface area contributed by atoms with Crippen molar-refractivity contribution in [2.24, 2.45) is 201 Å². The van der Waals surface area contributed by atoms with E-state index >= 15 is 0 Å². The molecule has 14 atom stereocenters. The maximum atomic E-state index is 2.00. The summed E-state index contributed by atoms with van der Waals surface area (Å²) in [5.41, 5.74) is 0. The van der Waals surface area contributed by atoms with E-state index in [2.05, 4.69) is 0 Å². The minimum Gasteiger partial charge on any atom is -0.0683 e. The van der Waals surface area contributed by atoms with Crippen LogP contribution in [0, 0.1) is 201 Å². The van der Waals surface area contributed by atoms with Crippen molar-refractivity contribution in [3.8, 4) is 0 Å². The van der Waals surface area contributed by atoms with E-state index in [1.807, 2.05) is 152 Å². The van der Waals surface area contributed by atoms with Gasteiger partial charge >= 0.3 is 0 Å². The van der Waals surface area contributed by atoms with Gasteiger partial charge in [0.25, 0.3) is 0 Å². The average Bonchev–Trinajstić information content (AvgIpc) is 1.32. The molecule has 31 saturated carbocycles. The Hall–Kier alpha value is 0. The number of fused-ring (bicyclic) bond motifs is 16. The molecule has 0 nitrogen and oxygen atoms in total. The molecule has 786 valence electrons. The highest BCUT2D eigenvalue weighted by Crippen LogP contribution is 2.63. The van der Waals surface area contributed by atoms with Gasteiger partial charge in [-0.2, -0.15) is 0 Å². The summed E-state index contributed by atoms with van der Waals surface area (Å²) in [6.07, 6.45) is 121. The second-order valence-electron chi connectivity index (χ2n) is 49.0. The van der Waals surface area contributed by atoms with Crippen molar-refractivity contribution in [3.63, 3.8) is 0 Å². The van der Waals surface area contributed by atoms with Gasteiger partial charge < -0.3 is 0 Å². The molecular formula is C133H254. The van der Waals surface area contributed by atoms with Crippen molar-refractivity contribution in [1.29, 1.82) is 0 Å². The predicted molar refractivity (Wildman–Crippen MR) is 599 cm³/mol. The van der Waals surface area contributed by atoms with Crippen molar-refractivity contribution in [2.75, 3.05) is 0 Å². The van der Waals surface area contributed by atoms with E-state index in [0.29, 0.717) is 0 Å². The van der Waals surface area contributed by atoms with Crippen molar-refractivity contribution < 1.29 is 0 Å². The Morgan fingerprint density at radius 2 is 0.226 bits per heavy atom. The van der Waals surface area contributed by atoms with Gasteiger partial charge in [0.15, 0.2) is 0 Å². The molecule has 0 heterocycles. The number of hydrogen-bond donors (Lipinski definition) is 0. The summed E-state index contributed by atoms with van der Waals surface area (Å²) in [6, 6.07) is 0. The first-order valence-corrected chi connectivity index (χ1v) is 65.9. The van der Waals surface area contributed by atoms with Gasteiger partial charge in [-0.1, -0.05) is 518 Å². The highest BCUT2D eigenvalue weighted by atomic mass is 14.6. The van der Waals surface area contributed by atoms with Crippen LogP contribution in [0.5, 0.6) is 0 Å². The molecule has 0 radical (unpaired) electrons. The molecule has 0 aromatic heterocycles. The normalized spacial score (nSPS) is 42.0. The Labute approximate surface area is 842 Å². The third kappa shape index (κ3) is 36.9. The summed E-state index contributed by atoms with van der Waals surface area (Å²) in [7, 11) is 0. The summed E-state index contributed by atoms with van der Waals surface area (Å²) in [5.74, 6) is 39.9. The monoisotopic (exact) mass is 1850 g/mol. The highest BCUT2D eigenvalue weighted by molar-refractivity contribution is 5.03. The van der Waals surface area contributed by atoms with E-state index in [-0.39, 0.29) is 0 Å². The summed E-state index contributed by atoms with van der Waals surface area (Å²) < 4.78 is 0. The third-order valence-corrected chi connectivity index (χ3v) is 43.1. The Kier molecular flexibility index (Phi) is 63.8. The van der Waals surface area contributed by atoms with Crippen molar-refractivity contribution in [2.45, 2.75) is 647 Å². The van der Waals surface area contributed by atoms with E-state index in [1.165, 1.54) is 194 Å². The lowest BCUT2D eigenvalue weighted by Crippen LogP contribution is -2.49. The third-order valence-electron chi connectivity index (χ3n) is 43.1. The Bertz CT molecular complexity index is 2340. The molecule has 0 saturated heterocycles. The van der Waals surface area contributed by atoms with E-state index < -0.39 is 0 Å². The van der Waals surface area contributed by atoms with E-state index in [0.717, 1.165) is 65.1 Å². The maximum absolute atomic E-state index is 2.00. The molecule has 0 heteroatoms. The standard InChI is InChI=1S/C16H26.C14H24.C13H22.2C10H16.C10H18.C9H16.2C8H14.C7H12.C6H10.11C2H6/c1-3-11-7-9-13-5-2-6-14-10-8-12(4-1)15(11)16(13)14;1-2-6-12-10-14-8-4-3-7-13(14)9-11(12)5-1;1-4-10-6-2-8-12-9-3-7-11(5-1)13(10)12;1-7-2-9-4-8(1)5-10(3-7)6-9;1-2-9-7-4-5-8(6-7)10(9)3-1;1-2-6-10-8-4-3-7-9(10)5-1;1-2-5-9-7-3-6-8(9)4-1;1-3-7-5-2-6-8(7)4-1;1-2-8-5-3-7(1)4-6-8;1-2-7-4-3-6(1)5-7;1-2-6-3-5(1)4-6;11*1-2/h11-16H,1-10H2;11-14H,1-10H2;10-13H,1-9H2;2*7-10H,1-6H2;9-10H,1-8H2;8-9H,1-7H2;2*7-8H,1-6H2;6-7H,1-5H2;5-6H,1-4H2;11*1-2H3. The van der Waals surface area contributed by atoms with E-state index in [1.54, 1.807) is 437 Å². The topological polar surface area (TPSA) is 0 Å². The van der Waals surface area contributed by atoms with Crippen LogP contribution in [0.15, 0.2) is 0 Å². The van der Waals surface area contributed by atoms with Gasteiger partial charge in [0.2, 0.25) is 0 Å². The minimum atomic E-state index is 1.15. The fraction of sp³-hybridized carbons (Fsp3) is 1.00. The average molecular weight is 1850 g/mol. The van der Waals surface area contributed by atoms with Crippen molar-refractivity contribution in [3.05, 3.63) is 0 Å². The molecule has 31 rings (SSSR count). The summed E-state index contributed by atoms with van der Waals surface area (Å²) >= 11 is 0. The van der Waals surface area contributed by atoms with Crippen LogP contribution in [0.4, 0.5) is 0 Å². The van der Waals surface area contributed by atoms with Gasteiger partial charge in [0, 0.05) is 0 Å². The molecule has 31 aliphatic carbocycles. The molecular weight excluding hydrogens is 1600 g/mol. The maximum Gasteiger partial charge on any atom is -0.0324 e. The lowest BCUT2D eigenvalue weighted by Gasteiger charge is -2.57. The van der Waals surface area contributed by atoms with Crippen LogP contribution >= 0.6 is 0 Å². The van der Waals surface area contributed by atoms with Crippen LogP contribution in [-0.4, -0.2) is 0 Å². The molecule has 0 amide bonds. The zero-order valence-electron chi connectivity index (χ0n) is 96.1. The Morgan fingerprint density at radius 3 is 0.414 bits per heavy atom. The van der Waals surface area contributed by atoms with Gasteiger partial charge in [-0.05, 0) is 330 Å². The first-order valence-electron chi connectivity index (χ1n) is 65.9. The van der Waals surface area contributed by atoms with Crippen LogP contribution in [0.2, 0.25) is 0 Å². The molecule has 31 fully saturated rings. The largest absolute Gasteiger partial charge is 0.0683 e. The predicted octanol–water partition coefficient (Wildman–Crippen LogP) is 45.5. The minimum absolute atomic E-state index is 1.15. The van der Waals surface area contributed by atoms with Gasteiger partial charge in [-0.15, -0.1) is 0 Å². The summed E-state index contributed by atoms with van der Waals surface area (Å²) in [6.45, 7) is 44.0. The van der Waals surface area contributed by atoms with Crippen LogP contribution in [0.1, 0.15) is 647 Å². The van der Waals surface area contributed by atoms with Crippen molar-refractivity contribution >= 4 is 0 Å². The number of hydrogen-bond acceptors (Lipinski definition) is 0. The molecule has 12 bridgehead atoms. The Balaban J connectivity index is 0.000000197. The smallest absolute Gasteiger partial charge is 0.0324 e. The molecule has 0 spiro atoms. The fourth-order valence-corrected chi connectivity index (χ4v) is 37.9. The van der Waals surface area contributed by atoms with Gasteiger partial charge in [0.05, 0.1) is 0 Å². The first-order chi connectivity index (χ1) is 65.9. The molecule has 14 unspecified atom stereocenters. The van der Waals surface area contributed by atoms with E-state index in [9.17, 15) is 0 Å². The van der Waals surface area contributed by atoms with E-state index in [4.69, 9.17) is 0 Å². The second-order valence-corrected chi connectivity index (χ2v) is 49.0. The molecule has 31 aliphatic rings. The first kappa shape index (κ1) is 120. The van der Waals surface area contributed by atoms with Gasteiger partial charge in [-0.25, -0.2) is 0 Å². The molecule has 0 aliphatic heterocycles. The van der Waals surface area contributed by atoms with Crippen LogP contribution in [0.25, 0.3) is 0 Å². The van der Waals surface area contributed by atoms with Gasteiger partial charge in [0.1, 0.15) is 0 Å². The molecule has 0 aromatic carbocycles. The lowest BCUT2D eigenvalue weighted by atomic mass is 9.48. The zero-order chi connectivity index (χ0) is 96.1. The fourth-order valence-electron chi connectivity index (χ4n) is 37.9. The summed E-state index contributed by atoms with van der Waals surface area (Å²) in [4.78, 5) is 0. The highest BCUT2D eigenvalue weighted by Gasteiger charge is 2.53. The SMILES string of the molecule is C1C2CC3CC1CC(C2)C3.C1CC2C3CCC(C3)C2C1.C1CC2CC1C2.C1CC2CCC1C2.C1CC2CCC1CC2.C1CC2CCC3CCCC4CCC(C1)C2C34.C1CC2CCCC2C1.C1CC2CCCC3CCCC(C1)C23.C1CCC2CC3CCCCC3CC2C1.C1CCC2CCCC2C1.C1CCC2CCCCC2C1.CC.CC.CC.CC.CC.CC.CC.CC.CC.CC.CC. The molecule has 0 N–H and O–H groups in total. The quantitative estimate of drug-likeness (QED) is 0.227. The molecule has 133 heavy (non-hydrogen) atoms. The van der Waals surface area contributed by atoms with Crippen LogP contribution in [-0.2, 0) is 0 Å². The number of rotatable bonds is 0. The zero-order valence-corrected chi connectivity index (χ0v) is 96.1. The summed E-state index contributed by atoms with van der Waals surface area (Å²) in [5, 5.41) is 0.